The Bertz CT molecular complexity index is 654. The van der Waals surface area contributed by atoms with Crippen molar-refractivity contribution in [2.75, 3.05) is 13.2 Å². The van der Waals surface area contributed by atoms with Crippen LogP contribution in [-0.2, 0) is 9.53 Å². The van der Waals surface area contributed by atoms with Gasteiger partial charge in [-0.1, -0.05) is 49.1 Å². The predicted molar refractivity (Wildman–Crippen MR) is 105 cm³/mol. The Balaban J connectivity index is 2.63. The van der Waals surface area contributed by atoms with Crippen LogP contribution < -0.4 is 5.32 Å². The first-order valence-corrected chi connectivity index (χ1v) is 8.69. The van der Waals surface area contributed by atoms with Gasteiger partial charge in [-0.2, -0.15) is 0 Å². The number of likely N-dealkylation sites (tertiary alicyclic amines) is 1. The zero-order chi connectivity index (χ0) is 19.4. The monoisotopic (exact) mass is 356 g/mol. The molecule has 1 aliphatic heterocycles. The van der Waals surface area contributed by atoms with Crippen LogP contribution in [0.2, 0.25) is 0 Å². The minimum absolute atomic E-state index is 0.0242. The average molecular weight is 356 g/mol. The number of carbonyl (C=O) groups excluding carboxylic acids is 2. The first-order chi connectivity index (χ1) is 12.5. The van der Waals surface area contributed by atoms with Crippen LogP contribution in [0.4, 0.5) is 4.79 Å². The van der Waals surface area contributed by atoms with E-state index in [1.807, 2.05) is 69.4 Å². The molecule has 1 unspecified atom stereocenters. The molecule has 1 rings (SSSR count). The number of nitrogens with one attached hydrogen (secondary N) is 1. The number of allylic oxidation sites excluding steroid dienone is 8. The smallest absolute Gasteiger partial charge is 0.407 e. The van der Waals surface area contributed by atoms with E-state index in [9.17, 15) is 9.59 Å². The molecule has 0 aromatic rings. The van der Waals surface area contributed by atoms with Crippen molar-refractivity contribution in [2.45, 2.75) is 33.2 Å². The van der Waals surface area contributed by atoms with Gasteiger partial charge in [-0.25, -0.2) is 4.79 Å². The van der Waals surface area contributed by atoms with Crippen LogP contribution in [0.3, 0.4) is 0 Å². The summed E-state index contributed by atoms with van der Waals surface area (Å²) in [6.45, 7) is 9.96. The molecular formula is C21H28N2O3. The van der Waals surface area contributed by atoms with E-state index in [-0.39, 0.29) is 25.0 Å². The van der Waals surface area contributed by atoms with Crippen LogP contribution >= 0.6 is 0 Å². The summed E-state index contributed by atoms with van der Waals surface area (Å²) in [6.07, 6.45) is 16.3. The molecule has 1 N–H and O–H groups in total. The maximum atomic E-state index is 12.3. The fourth-order valence-corrected chi connectivity index (χ4v) is 2.41. The van der Waals surface area contributed by atoms with E-state index < -0.39 is 6.09 Å². The van der Waals surface area contributed by atoms with Crippen LogP contribution in [0, 0.1) is 0 Å². The summed E-state index contributed by atoms with van der Waals surface area (Å²) in [5.41, 5.74) is 1.60. The number of ether oxygens (including phenoxy) is 1. The van der Waals surface area contributed by atoms with Gasteiger partial charge in [0, 0.05) is 18.7 Å². The summed E-state index contributed by atoms with van der Waals surface area (Å²) in [4.78, 5) is 25.9. The molecule has 140 valence electrons. The molecule has 0 aromatic carbocycles. The molecule has 1 heterocycles. The van der Waals surface area contributed by atoms with Gasteiger partial charge < -0.3 is 15.0 Å². The quantitative estimate of drug-likeness (QED) is 0.668. The third-order valence-electron chi connectivity index (χ3n) is 3.69. The zero-order valence-corrected chi connectivity index (χ0v) is 15.8. The number of rotatable bonds is 8. The van der Waals surface area contributed by atoms with Crippen LogP contribution in [0.5, 0.6) is 0 Å². The van der Waals surface area contributed by atoms with E-state index in [0.29, 0.717) is 6.54 Å². The van der Waals surface area contributed by atoms with Crippen LogP contribution in [0.15, 0.2) is 72.5 Å². The second-order valence-corrected chi connectivity index (χ2v) is 5.71. The Morgan fingerprint density at radius 2 is 1.92 bits per heavy atom. The van der Waals surface area contributed by atoms with Crippen molar-refractivity contribution in [1.29, 1.82) is 0 Å². The summed E-state index contributed by atoms with van der Waals surface area (Å²) in [6, 6.07) is -0.277. The molecule has 1 fully saturated rings. The summed E-state index contributed by atoms with van der Waals surface area (Å²) in [5.74, 6) is -0.0242. The highest BCUT2D eigenvalue weighted by Crippen LogP contribution is 2.18. The number of nitrogens with zero attached hydrogens (tertiary/aromatic N) is 1. The van der Waals surface area contributed by atoms with Crippen molar-refractivity contribution in [3.63, 3.8) is 0 Å². The molecule has 0 aliphatic carbocycles. The molecule has 5 heteroatoms. The first-order valence-electron chi connectivity index (χ1n) is 8.69. The van der Waals surface area contributed by atoms with Gasteiger partial charge in [0.25, 0.3) is 0 Å². The Morgan fingerprint density at radius 3 is 2.54 bits per heavy atom. The average Bonchev–Trinajstić information content (AvgIpc) is 2.98. The lowest BCUT2D eigenvalue weighted by Crippen LogP contribution is -2.37. The van der Waals surface area contributed by atoms with Crippen LogP contribution in [0.25, 0.3) is 0 Å². The number of hydrogen-bond acceptors (Lipinski definition) is 3. The molecule has 26 heavy (non-hydrogen) atoms. The highest BCUT2D eigenvalue weighted by Gasteiger charge is 2.32. The lowest BCUT2D eigenvalue weighted by molar-refractivity contribution is -0.125. The molecule has 5 nitrogen and oxygen atoms in total. The van der Waals surface area contributed by atoms with Gasteiger partial charge in [0.2, 0.25) is 5.91 Å². The van der Waals surface area contributed by atoms with Crippen LogP contribution in [-0.4, -0.2) is 36.1 Å². The molecule has 1 atom stereocenters. The Morgan fingerprint density at radius 1 is 1.23 bits per heavy atom. The molecule has 1 saturated heterocycles. The predicted octanol–water partition coefficient (Wildman–Crippen LogP) is 4.04. The number of carbonyl (C=O) groups is 2. The number of alkyl carbamates (subject to hydrolysis) is 1. The number of hydrogen-bond donors (Lipinski definition) is 1. The summed E-state index contributed by atoms with van der Waals surface area (Å²) >= 11 is 0. The highest BCUT2D eigenvalue weighted by atomic mass is 16.5. The van der Waals surface area contributed by atoms with E-state index in [0.717, 1.165) is 11.3 Å². The van der Waals surface area contributed by atoms with Crippen molar-refractivity contribution >= 4 is 12.0 Å². The fourth-order valence-electron chi connectivity index (χ4n) is 2.41. The van der Waals surface area contributed by atoms with Gasteiger partial charge >= 0.3 is 6.09 Å². The van der Waals surface area contributed by atoms with E-state index in [4.69, 9.17) is 4.74 Å². The normalized spacial score (nSPS) is 19.1. The first kappa shape index (κ1) is 21.2. The fraction of sp³-hybridized carbons (Fsp3) is 0.333. The highest BCUT2D eigenvalue weighted by molar-refractivity contribution is 5.83. The molecular weight excluding hydrogens is 328 g/mol. The van der Waals surface area contributed by atoms with Crippen molar-refractivity contribution in [2.24, 2.45) is 0 Å². The molecule has 0 radical (unpaired) electrons. The SMILES string of the molecule is C=C/C(=C\C=C/C)COC(=O)NC1CC(=O)N(C(/C=C\C)=C/C=C\C)C1. The largest absolute Gasteiger partial charge is 0.445 e. The molecule has 1 aliphatic rings. The Labute approximate surface area is 156 Å². The van der Waals surface area contributed by atoms with Gasteiger partial charge in [0.05, 0.1) is 6.04 Å². The third kappa shape index (κ3) is 6.97. The maximum absolute atomic E-state index is 12.3. The van der Waals surface area contributed by atoms with Crippen molar-refractivity contribution < 1.29 is 14.3 Å². The van der Waals surface area contributed by atoms with E-state index in [2.05, 4.69) is 11.9 Å². The molecule has 0 aromatic heterocycles. The van der Waals surface area contributed by atoms with Gasteiger partial charge in [0.15, 0.2) is 0 Å². The number of amides is 2. The Kier molecular flexibility index (Phi) is 9.54. The minimum Gasteiger partial charge on any atom is -0.445 e. The lowest BCUT2D eigenvalue weighted by atomic mass is 10.2. The van der Waals surface area contributed by atoms with E-state index >= 15 is 0 Å². The molecule has 0 saturated carbocycles. The molecule has 2 amide bonds. The van der Waals surface area contributed by atoms with Crippen molar-refractivity contribution in [1.82, 2.24) is 10.2 Å². The minimum atomic E-state index is -0.539. The van der Waals surface area contributed by atoms with Crippen LogP contribution in [0.1, 0.15) is 27.2 Å². The summed E-state index contributed by atoms with van der Waals surface area (Å²) in [5, 5.41) is 2.76. The lowest BCUT2D eigenvalue weighted by Gasteiger charge is -2.18. The maximum Gasteiger partial charge on any atom is 0.407 e. The van der Waals surface area contributed by atoms with E-state index in [1.54, 1.807) is 11.0 Å². The van der Waals surface area contributed by atoms with Gasteiger partial charge in [-0.15, -0.1) is 0 Å². The third-order valence-corrected chi connectivity index (χ3v) is 3.69. The van der Waals surface area contributed by atoms with Gasteiger partial charge in [-0.3, -0.25) is 4.79 Å². The standard InChI is InChI=1S/C21H28N2O3/c1-5-9-12-17(8-4)16-26-21(25)22-18-14-20(24)23(15-18)19(11-7-3)13-10-6-2/h5-13,18H,4,14-16H2,1-3H3,(H,22,25)/b9-5-,10-6-,11-7-,17-12+,19-13+. The Hall–Kier alpha value is -2.82. The second kappa shape index (κ2) is 11.7. The summed E-state index contributed by atoms with van der Waals surface area (Å²) in [7, 11) is 0. The van der Waals surface area contributed by atoms with Crippen molar-refractivity contribution in [3.8, 4) is 0 Å². The van der Waals surface area contributed by atoms with E-state index in [1.165, 1.54) is 0 Å². The van der Waals surface area contributed by atoms with Gasteiger partial charge in [0.1, 0.15) is 6.61 Å². The molecule has 0 bridgehead atoms. The summed E-state index contributed by atoms with van der Waals surface area (Å²) < 4.78 is 5.20. The van der Waals surface area contributed by atoms with Crippen molar-refractivity contribution in [3.05, 3.63) is 72.5 Å². The zero-order valence-electron chi connectivity index (χ0n) is 15.8. The van der Waals surface area contributed by atoms with Gasteiger partial charge in [-0.05, 0) is 38.5 Å². The molecule has 0 spiro atoms. The second-order valence-electron chi connectivity index (χ2n) is 5.71. The topological polar surface area (TPSA) is 58.6 Å².